The standard InChI is InChI=1S/C13H24N2O2S/c1-3-11-14-13(7-4-5-8-13)12(16)15(11)9-6-10-18(2)17/h11,14H,3-10H2,1-2H3. The number of amides is 1. The Morgan fingerprint density at radius 2 is 2.11 bits per heavy atom. The third-order valence-corrected chi connectivity index (χ3v) is 5.03. The Bertz CT molecular complexity index is 340. The predicted octanol–water partition coefficient (Wildman–Crippen LogP) is 1.24. The third kappa shape index (κ3) is 2.62. The van der Waals surface area contributed by atoms with Gasteiger partial charge in [0.25, 0.3) is 0 Å². The largest absolute Gasteiger partial charge is 0.326 e. The second kappa shape index (κ2) is 5.70. The smallest absolute Gasteiger partial charge is 0.244 e. The highest BCUT2D eigenvalue weighted by atomic mass is 32.2. The van der Waals surface area contributed by atoms with Gasteiger partial charge in [-0.05, 0) is 25.7 Å². The van der Waals surface area contributed by atoms with Crippen molar-refractivity contribution in [3.8, 4) is 0 Å². The van der Waals surface area contributed by atoms with Crippen molar-refractivity contribution in [1.82, 2.24) is 10.2 Å². The van der Waals surface area contributed by atoms with Gasteiger partial charge in [0.05, 0.1) is 11.7 Å². The van der Waals surface area contributed by atoms with Crippen molar-refractivity contribution in [3.63, 3.8) is 0 Å². The maximum Gasteiger partial charge on any atom is 0.244 e. The zero-order valence-electron chi connectivity index (χ0n) is 11.4. The monoisotopic (exact) mass is 272 g/mol. The van der Waals surface area contributed by atoms with Crippen LogP contribution in [0.5, 0.6) is 0 Å². The molecule has 4 nitrogen and oxygen atoms in total. The molecule has 2 fully saturated rings. The van der Waals surface area contributed by atoms with Crippen LogP contribution < -0.4 is 5.32 Å². The fourth-order valence-electron chi connectivity index (χ4n) is 3.23. The zero-order chi connectivity index (χ0) is 13.2. The average Bonchev–Trinajstić information content (AvgIpc) is 2.89. The van der Waals surface area contributed by atoms with Crippen LogP contribution in [-0.2, 0) is 15.6 Å². The van der Waals surface area contributed by atoms with Gasteiger partial charge in [0, 0.05) is 29.4 Å². The second-order valence-electron chi connectivity index (χ2n) is 5.49. The highest BCUT2D eigenvalue weighted by Crippen LogP contribution is 2.36. The average molecular weight is 272 g/mol. The lowest BCUT2D eigenvalue weighted by Gasteiger charge is -2.23. The number of rotatable bonds is 5. The van der Waals surface area contributed by atoms with Crippen LogP contribution in [0.1, 0.15) is 45.4 Å². The lowest BCUT2D eigenvalue weighted by Crippen LogP contribution is -2.44. The Labute approximate surface area is 112 Å². The van der Waals surface area contributed by atoms with Gasteiger partial charge < -0.3 is 4.90 Å². The van der Waals surface area contributed by atoms with Crippen molar-refractivity contribution < 1.29 is 9.00 Å². The number of carbonyl (C=O) groups excluding carboxylic acids is 1. The van der Waals surface area contributed by atoms with Crippen molar-refractivity contribution in [2.45, 2.75) is 57.2 Å². The first-order chi connectivity index (χ1) is 8.59. The summed E-state index contributed by atoms with van der Waals surface area (Å²) < 4.78 is 11.1. The molecule has 0 aromatic rings. The molecule has 2 rings (SSSR count). The van der Waals surface area contributed by atoms with E-state index in [1.54, 1.807) is 6.26 Å². The van der Waals surface area contributed by atoms with E-state index >= 15 is 0 Å². The van der Waals surface area contributed by atoms with Gasteiger partial charge in [-0.25, -0.2) is 0 Å². The molecule has 1 heterocycles. The Kier molecular flexibility index (Phi) is 4.43. The summed E-state index contributed by atoms with van der Waals surface area (Å²) in [5.74, 6) is 0.974. The van der Waals surface area contributed by atoms with E-state index in [1.165, 1.54) is 0 Å². The summed E-state index contributed by atoms with van der Waals surface area (Å²) in [7, 11) is -0.759. The molecule has 2 atom stereocenters. The van der Waals surface area contributed by atoms with Crippen LogP contribution in [0, 0.1) is 0 Å². The van der Waals surface area contributed by atoms with Crippen molar-refractivity contribution in [2.24, 2.45) is 0 Å². The summed E-state index contributed by atoms with van der Waals surface area (Å²) in [5.41, 5.74) is -0.258. The molecule has 1 aliphatic heterocycles. The van der Waals surface area contributed by atoms with Crippen molar-refractivity contribution in [2.75, 3.05) is 18.6 Å². The minimum Gasteiger partial charge on any atom is -0.326 e. The van der Waals surface area contributed by atoms with Gasteiger partial charge in [-0.1, -0.05) is 19.8 Å². The first kappa shape index (κ1) is 14.0. The van der Waals surface area contributed by atoms with Crippen LogP contribution in [0.3, 0.4) is 0 Å². The van der Waals surface area contributed by atoms with Gasteiger partial charge >= 0.3 is 0 Å². The van der Waals surface area contributed by atoms with Crippen LogP contribution in [0.4, 0.5) is 0 Å². The van der Waals surface area contributed by atoms with Crippen LogP contribution in [0.25, 0.3) is 0 Å². The lowest BCUT2D eigenvalue weighted by molar-refractivity contribution is -0.133. The zero-order valence-corrected chi connectivity index (χ0v) is 12.2. The predicted molar refractivity (Wildman–Crippen MR) is 73.7 cm³/mol. The highest BCUT2D eigenvalue weighted by Gasteiger charge is 2.51. The maximum absolute atomic E-state index is 12.6. The molecule has 18 heavy (non-hydrogen) atoms. The van der Waals surface area contributed by atoms with Gasteiger partial charge in [0.1, 0.15) is 0 Å². The molecule has 1 saturated carbocycles. The molecule has 0 aromatic carbocycles. The fraction of sp³-hybridized carbons (Fsp3) is 0.923. The SMILES string of the molecule is CCC1NC2(CCCC2)C(=O)N1CCCS(C)=O. The highest BCUT2D eigenvalue weighted by molar-refractivity contribution is 7.84. The van der Waals surface area contributed by atoms with Gasteiger partial charge in [0.2, 0.25) is 5.91 Å². The van der Waals surface area contributed by atoms with Crippen LogP contribution >= 0.6 is 0 Å². The Balaban J connectivity index is 1.99. The van der Waals surface area contributed by atoms with E-state index in [2.05, 4.69) is 12.2 Å². The van der Waals surface area contributed by atoms with Crippen molar-refractivity contribution in [3.05, 3.63) is 0 Å². The summed E-state index contributed by atoms with van der Waals surface area (Å²) in [6, 6.07) is 0. The minimum absolute atomic E-state index is 0.181. The summed E-state index contributed by atoms with van der Waals surface area (Å²) >= 11 is 0. The van der Waals surface area contributed by atoms with Gasteiger partial charge in [-0.15, -0.1) is 0 Å². The van der Waals surface area contributed by atoms with Crippen molar-refractivity contribution >= 4 is 16.7 Å². The summed E-state index contributed by atoms with van der Waals surface area (Å²) in [6.45, 7) is 2.86. The van der Waals surface area contributed by atoms with E-state index in [1.807, 2.05) is 4.90 Å². The number of hydrogen-bond acceptors (Lipinski definition) is 3. The topological polar surface area (TPSA) is 49.4 Å². The summed E-state index contributed by atoms with van der Waals surface area (Å²) in [4.78, 5) is 14.5. The Morgan fingerprint density at radius 3 is 2.67 bits per heavy atom. The van der Waals surface area contributed by atoms with E-state index < -0.39 is 10.8 Å². The van der Waals surface area contributed by atoms with E-state index in [9.17, 15) is 9.00 Å². The Morgan fingerprint density at radius 1 is 1.44 bits per heavy atom. The molecule has 0 aromatic heterocycles. The molecule has 1 N–H and O–H groups in total. The maximum atomic E-state index is 12.6. The number of nitrogens with one attached hydrogen (secondary N) is 1. The van der Waals surface area contributed by atoms with Crippen LogP contribution in [0.2, 0.25) is 0 Å². The van der Waals surface area contributed by atoms with Crippen LogP contribution in [0.15, 0.2) is 0 Å². The molecule has 1 spiro atoms. The molecule has 2 unspecified atom stereocenters. The van der Waals surface area contributed by atoms with Gasteiger partial charge in [-0.2, -0.15) is 0 Å². The first-order valence-corrected chi connectivity index (χ1v) is 8.70. The van der Waals surface area contributed by atoms with E-state index in [0.29, 0.717) is 5.75 Å². The number of hydrogen-bond donors (Lipinski definition) is 1. The minimum atomic E-state index is -0.759. The van der Waals surface area contributed by atoms with Gasteiger partial charge in [-0.3, -0.25) is 14.3 Å². The molecule has 0 radical (unpaired) electrons. The Hall–Kier alpha value is -0.420. The first-order valence-electron chi connectivity index (χ1n) is 6.98. The molecule has 104 valence electrons. The van der Waals surface area contributed by atoms with E-state index in [-0.39, 0.29) is 17.6 Å². The fourth-order valence-corrected chi connectivity index (χ4v) is 3.77. The van der Waals surface area contributed by atoms with Crippen molar-refractivity contribution in [1.29, 1.82) is 0 Å². The summed E-state index contributed by atoms with van der Waals surface area (Å²) in [5, 5.41) is 3.55. The molecular weight excluding hydrogens is 248 g/mol. The summed E-state index contributed by atoms with van der Waals surface area (Å²) in [6.07, 6.45) is 7.97. The second-order valence-corrected chi connectivity index (χ2v) is 7.04. The lowest BCUT2D eigenvalue weighted by atomic mass is 9.98. The number of carbonyl (C=O) groups is 1. The molecule has 1 aliphatic carbocycles. The molecule has 1 amide bonds. The normalized spacial score (nSPS) is 28.2. The van der Waals surface area contributed by atoms with E-state index in [4.69, 9.17) is 0 Å². The molecule has 0 bridgehead atoms. The quantitative estimate of drug-likeness (QED) is 0.819. The van der Waals surface area contributed by atoms with E-state index in [0.717, 1.165) is 45.1 Å². The molecular formula is C13H24N2O2S. The third-order valence-electron chi connectivity index (χ3n) is 4.16. The van der Waals surface area contributed by atoms with Crippen LogP contribution in [-0.4, -0.2) is 45.3 Å². The molecule has 1 saturated heterocycles. The molecule has 5 heteroatoms. The van der Waals surface area contributed by atoms with Gasteiger partial charge in [0.15, 0.2) is 0 Å². The molecule has 2 aliphatic rings. The number of nitrogens with zero attached hydrogens (tertiary/aromatic N) is 1.